The van der Waals surface area contributed by atoms with E-state index < -0.39 is 4.92 Å². The van der Waals surface area contributed by atoms with Gasteiger partial charge >= 0.3 is 0 Å². The molecule has 6 heteroatoms. The van der Waals surface area contributed by atoms with Gasteiger partial charge in [0, 0.05) is 12.6 Å². The lowest BCUT2D eigenvalue weighted by Crippen LogP contribution is -2.03. The van der Waals surface area contributed by atoms with Crippen LogP contribution in [0.1, 0.15) is 11.1 Å². The quantitative estimate of drug-likeness (QED) is 0.686. The van der Waals surface area contributed by atoms with Gasteiger partial charge in [0.1, 0.15) is 5.69 Å². The molecule has 2 rings (SSSR count). The van der Waals surface area contributed by atoms with E-state index in [9.17, 15) is 10.1 Å². The van der Waals surface area contributed by atoms with Crippen molar-refractivity contribution in [1.29, 1.82) is 5.26 Å². The molecule has 0 unspecified atom stereocenters. The Balaban J connectivity index is 2.23. The van der Waals surface area contributed by atoms with E-state index in [1.165, 1.54) is 12.1 Å². The second kappa shape index (κ2) is 6.04. The maximum Gasteiger partial charge on any atom is 0.293 e. The van der Waals surface area contributed by atoms with E-state index in [1.54, 1.807) is 24.3 Å². The van der Waals surface area contributed by atoms with Crippen molar-refractivity contribution in [3.8, 4) is 6.07 Å². The molecule has 0 aromatic heterocycles. The lowest BCUT2D eigenvalue weighted by atomic mass is 10.1. The molecular weight excluding hydrogens is 278 g/mol. The number of anilines is 1. The van der Waals surface area contributed by atoms with E-state index >= 15 is 0 Å². The first-order valence-electron chi connectivity index (χ1n) is 5.77. The van der Waals surface area contributed by atoms with E-state index in [-0.39, 0.29) is 16.4 Å². The fraction of sp³-hybridized carbons (Fsp3) is 0.0714. The highest BCUT2D eigenvalue weighted by Gasteiger charge is 2.16. The Kier molecular flexibility index (Phi) is 4.18. The summed E-state index contributed by atoms with van der Waals surface area (Å²) >= 11 is 5.98. The van der Waals surface area contributed by atoms with Crippen molar-refractivity contribution in [2.45, 2.75) is 6.54 Å². The van der Waals surface area contributed by atoms with E-state index in [0.29, 0.717) is 12.1 Å². The van der Waals surface area contributed by atoms with E-state index in [1.807, 2.05) is 12.1 Å². The van der Waals surface area contributed by atoms with Gasteiger partial charge in [0.25, 0.3) is 5.69 Å². The van der Waals surface area contributed by atoms with Crippen LogP contribution in [-0.2, 0) is 6.54 Å². The molecule has 0 heterocycles. The summed E-state index contributed by atoms with van der Waals surface area (Å²) in [4.78, 5) is 10.5. The molecular formula is C14H10ClN3O2. The highest BCUT2D eigenvalue weighted by molar-refractivity contribution is 6.33. The molecule has 0 aliphatic heterocycles. The van der Waals surface area contributed by atoms with Crippen LogP contribution in [0.2, 0.25) is 5.02 Å². The van der Waals surface area contributed by atoms with Crippen LogP contribution in [0.4, 0.5) is 11.4 Å². The molecule has 0 aliphatic rings. The molecule has 100 valence electrons. The number of halogens is 1. The Morgan fingerprint density at radius 3 is 2.75 bits per heavy atom. The number of nitrogens with one attached hydrogen (secondary N) is 1. The Bertz CT molecular complexity index is 695. The van der Waals surface area contributed by atoms with Gasteiger partial charge in [-0.05, 0) is 23.8 Å². The number of hydrogen-bond acceptors (Lipinski definition) is 4. The topological polar surface area (TPSA) is 79.0 Å². The van der Waals surface area contributed by atoms with E-state index in [2.05, 4.69) is 5.32 Å². The van der Waals surface area contributed by atoms with Gasteiger partial charge in [-0.2, -0.15) is 5.26 Å². The number of nitrogens with zero attached hydrogens (tertiary/aromatic N) is 2. The molecule has 2 aromatic rings. The summed E-state index contributed by atoms with van der Waals surface area (Å²) in [6.45, 7) is 0.347. The van der Waals surface area contributed by atoms with Crippen LogP contribution in [0.25, 0.3) is 0 Å². The van der Waals surface area contributed by atoms with Crippen LogP contribution in [0, 0.1) is 21.4 Å². The summed E-state index contributed by atoms with van der Waals surface area (Å²) in [5.41, 5.74) is 1.59. The summed E-state index contributed by atoms with van der Waals surface area (Å²) in [6, 6.07) is 13.6. The Morgan fingerprint density at radius 2 is 2.05 bits per heavy atom. The molecule has 0 saturated heterocycles. The van der Waals surface area contributed by atoms with Gasteiger partial charge in [-0.15, -0.1) is 0 Å². The molecule has 0 atom stereocenters. The minimum atomic E-state index is -0.486. The number of nitriles is 1. The van der Waals surface area contributed by atoms with Gasteiger partial charge < -0.3 is 5.32 Å². The molecule has 0 radical (unpaired) electrons. The van der Waals surface area contributed by atoms with E-state index in [0.717, 1.165) is 5.56 Å². The molecule has 5 nitrogen and oxygen atoms in total. The molecule has 2 aromatic carbocycles. The lowest BCUT2D eigenvalue weighted by molar-refractivity contribution is -0.383. The number of hydrogen-bond donors (Lipinski definition) is 1. The number of rotatable bonds is 4. The van der Waals surface area contributed by atoms with E-state index in [4.69, 9.17) is 16.9 Å². The second-order valence-corrected chi connectivity index (χ2v) is 4.46. The van der Waals surface area contributed by atoms with Crippen molar-refractivity contribution in [1.82, 2.24) is 0 Å². The van der Waals surface area contributed by atoms with Crippen molar-refractivity contribution in [2.24, 2.45) is 0 Å². The first-order valence-corrected chi connectivity index (χ1v) is 6.15. The molecule has 0 aliphatic carbocycles. The van der Waals surface area contributed by atoms with Crippen molar-refractivity contribution < 1.29 is 4.92 Å². The molecule has 0 amide bonds. The molecule has 1 N–H and O–H groups in total. The maximum atomic E-state index is 10.9. The minimum absolute atomic E-state index is 0.0751. The van der Waals surface area contributed by atoms with Crippen LogP contribution < -0.4 is 5.32 Å². The third-order valence-corrected chi connectivity index (χ3v) is 3.03. The predicted molar refractivity (Wildman–Crippen MR) is 76.6 cm³/mol. The van der Waals surface area contributed by atoms with Gasteiger partial charge in [0.05, 0.1) is 21.6 Å². The zero-order chi connectivity index (χ0) is 14.5. The third-order valence-electron chi connectivity index (χ3n) is 2.71. The van der Waals surface area contributed by atoms with Crippen LogP contribution >= 0.6 is 11.6 Å². The Hall–Kier alpha value is -2.58. The summed E-state index contributed by atoms with van der Waals surface area (Å²) < 4.78 is 0. The summed E-state index contributed by atoms with van der Waals surface area (Å²) in [6.07, 6.45) is 0. The largest absolute Gasteiger partial charge is 0.374 e. The summed E-state index contributed by atoms with van der Waals surface area (Å²) in [5, 5.41) is 23.0. The fourth-order valence-electron chi connectivity index (χ4n) is 1.78. The zero-order valence-electron chi connectivity index (χ0n) is 10.3. The molecule has 0 bridgehead atoms. The van der Waals surface area contributed by atoms with Gasteiger partial charge in [-0.1, -0.05) is 29.8 Å². The first kappa shape index (κ1) is 13.8. The monoisotopic (exact) mass is 287 g/mol. The second-order valence-electron chi connectivity index (χ2n) is 4.06. The van der Waals surface area contributed by atoms with Gasteiger partial charge in [0.2, 0.25) is 0 Å². The zero-order valence-corrected chi connectivity index (χ0v) is 11.1. The van der Waals surface area contributed by atoms with Crippen LogP contribution in [0.3, 0.4) is 0 Å². The van der Waals surface area contributed by atoms with Crippen LogP contribution in [-0.4, -0.2) is 4.92 Å². The van der Waals surface area contributed by atoms with Crippen molar-refractivity contribution in [2.75, 3.05) is 5.32 Å². The van der Waals surface area contributed by atoms with Gasteiger partial charge in [-0.25, -0.2) is 0 Å². The number of nitro benzene ring substituents is 1. The summed E-state index contributed by atoms with van der Waals surface area (Å²) in [5.74, 6) is 0. The molecule has 0 fully saturated rings. The van der Waals surface area contributed by atoms with Crippen molar-refractivity contribution >= 4 is 23.0 Å². The standard InChI is InChI=1S/C14H10ClN3O2/c15-12-5-2-6-13(18(19)20)14(12)17-9-11-4-1-3-10(7-11)8-16/h1-7,17H,9H2. The van der Waals surface area contributed by atoms with Crippen molar-refractivity contribution in [3.05, 3.63) is 68.7 Å². The minimum Gasteiger partial charge on any atom is -0.374 e. The van der Waals surface area contributed by atoms with Crippen molar-refractivity contribution in [3.63, 3.8) is 0 Å². The fourth-order valence-corrected chi connectivity index (χ4v) is 2.02. The predicted octanol–water partition coefficient (Wildman–Crippen LogP) is 3.73. The highest BCUT2D eigenvalue weighted by atomic mass is 35.5. The first-order chi connectivity index (χ1) is 9.61. The highest BCUT2D eigenvalue weighted by Crippen LogP contribution is 2.32. The number of para-hydroxylation sites is 1. The normalized spacial score (nSPS) is 9.80. The lowest BCUT2D eigenvalue weighted by Gasteiger charge is -2.09. The smallest absolute Gasteiger partial charge is 0.293 e. The van der Waals surface area contributed by atoms with Crippen LogP contribution in [0.15, 0.2) is 42.5 Å². The Morgan fingerprint density at radius 1 is 1.30 bits per heavy atom. The number of nitro groups is 1. The third kappa shape index (κ3) is 3.05. The maximum absolute atomic E-state index is 10.9. The van der Waals surface area contributed by atoms with Crippen LogP contribution in [0.5, 0.6) is 0 Å². The Labute approximate surface area is 120 Å². The number of benzene rings is 2. The molecule has 0 saturated carbocycles. The van der Waals surface area contributed by atoms with Gasteiger partial charge in [0.15, 0.2) is 0 Å². The van der Waals surface area contributed by atoms with Gasteiger partial charge in [-0.3, -0.25) is 10.1 Å². The SMILES string of the molecule is N#Cc1cccc(CNc2c(Cl)cccc2[N+](=O)[O-])c1. The summed E-state index contributed by atoms with van der Waals surface area (Å²) in [7, 11) is 0. The molecule has 0 spiro atoms. The average molecular weight is 288 g/mol. The molecule has 20 heavy (non-hydrogen) atoms. The average Bonchev–Trinajstić information content (AvgIpc) is 2.45.